The molecule has 0 bridgehead atoms. The second-order valence-electron chi connectivity index (χ2n) is 4.89. The topological polar surface area (TPSA) is 61.9 Å². The molecular weight excluding hydrogens is 352 g/mol. The third kappa shape index (κ3) is 3.59. The van der Waals surface area contributed by atoms with E-state index in [9.17, 15) is 4.79 Å². The van der Waals surface area contributed by atoms with Gasteiger partial charge in [-0.2, -0.15) is 10.4 Å². The van der Waals surface area contributed by atoms with Gasteiger partial charge in [-0.15, -0.1) is 11.3 Å². The van der Waals surface area contributed by atoms with Crippen LogP contribution in [0.1, 0.15) is 21.7 Å². The van der Waals surface area contributed by atoms with Crippen LogP contribution in [0.4, 0.5) is 0 Å². The van der Waals surface area contributed by atoms with Gasteiger partial charge in [0.1, 0.15) is 11.6 Å². The molecule has 2 aromatic rings. The summed E-state index contributed by atoms with van der Waals surface area (Å²) in [6.45, 7) is 4.63. The number of nitriles is 1. The third-order valence-electron chi connectivity index (χ3n) is 3.17. The molecule has 7 heteroatoms. The molecule has 0 saturated heterocycles. The highest BCUT2D eigenvalue weighted by atomic mass is 79.9. The van der Waals surface area contributed by atoms with E-state index >= 15 is 0 Å². The Hall–Kier alpha value is -1.49. The first kappa shape index (κ1) is 15.9. The molecule has 0 atom stereocenters. The number of hydrogen-bond acceptors (Lipinski definition) is 5. The largest absolute Gasteiger partial charge is 0.286 e. The van der Waals surface area contributed by atoms with Crippen molar-refractivity contribution in [1.82, 2.24) is 14.7 Å². The lowest BCUT2D eigenvalue weighted by Crippen LogP contribution is -2.33. The van der Waals surface area contributed by atoms with Crippen molar-refractivity contribution in [3.05, 3.63) is 48.0 Å². The fraction of sp³-hybridized carbons (Fsp3) is 0.357. The fourth-order valence-electron chi connectivity index (χ4n) is 1.98. The molecule has 110 valence electrons. The van der Waals surface area contributed by atoms with Gasteiger partial charge in [-0.05, 0) is 48.5 Å². The second-order valence-corrected chi connectivity index (χ2v) is 6.80. The van der Waals surface area contributed by atoms with E-state index in [1.165, 1.54) is 9.56 Å². The van der Waals surface area contributed by atoms with Crippen LogP contribution in [-0.2, 0) is 13.2 Å². The van der Waals surface area contributed by atoms with Gasteiger partial charge in [-0.25, -0.2) is 4.68 Å². The van der Waals surface area contributed by atoms with Crippen LogP contribution in [-0.4, -0.2) is 21.7 Å². The SMILES string of the molecule is Cc1nn(CN(C)Cc2cc(Br)cs2)c(=O)c(C#N)c1C. The van der Waals surface area contributed by atoms with E-state index in [-0.39, 0.29) is 11.1 Å². The Morgan fingerprint density at radius 1 is 1.52 bits per heavy atom. The van der Waals surface area contributed by atoms with Crippen molar-refractivity contribution in [2.24, 2.45) is 0 Å². The van der Waals surface area contributed by atoms with Crippen LogP contribution in [0.3, 0.4) is 0 Å². The van der Waals surface area contributed by atoms with Gasteiger partial charge in [-0.3, -0.25) is 9.69 Å². The first-order valence-corrected chi connectivity index (χ1v) is 7.99. The van der Waals surface area contributed by atoms with Crippen molar-refractivity contribution in [1.29, 1.82) is 5.26 Å². The number of thiophene rings is 1. The monoisotopic (exact) mass is 366 g/mol. The number of hydrogen-bond donors (Lipinski definition) is 0. The van der Waals surface area contributed by atoms with Crippen molar-refractivity contribution in [3.8, 4) is 6.07 Å². The van der Waals surface area contributed by atoms with E-state index in [4.69, 9.17) is 5.26 Å². The minimum Gasteiger partial charge on any atom is -0.282 e. The summed E-state index contributed by atoms with van der Waals surface area (Å²) < 4.78 is 2.41. The number of aryl methyl sites for hydroxylation is 1. The quantitative estimate of drug-likeness (QED) is 0.834. The number of nitrogens with zero attached hydrogens (tertiary/aromatic N) is 4. The predicted octanol–water partition coefficient (Wildman–Crippen LogP) is 2.65. The summed E-state index contributed by atoms with van der Waals surface area (Å²) in [5.74, 6) is 0. The summed E-state index contributed by atoms with van der Waals surface area (Å²) >= 11 is 5.08. The standard InChI is InChI=1S/C14H15BrN4OS/c1-9-10(2)17-19(14(20)13(9)5-16)8-18(3)6-12-4-11(15)7-21-12/h4,7H,6,8H2,1-3H3. The number of halogens is 1. The minimum atomic E-state index is -0.334. The van der Waals surface area contributed by atoms with Gasteiger partial charge in [0.2, 0.25) is 0 Å². The van der Waals surface area contributed by atoms with E-state index in [1.807, 2.05) is 30.3 Å². The Balaban J connectivity index is 2.22. The zero-order valence-corrected chi connectivity index (χ0v) is 14.5. The van der Waals surface area contributed by atoms with E-state index in [1.54, 1.807) is 18.3 Å². The lowest BCUT2D eigenvalue weighted by molar-refractivity contribution is 0.241. The molecule has 0 fully saturated rings. The normalized spacial score (nSPS) is 10.9. The summed E-state index contributed by atoms with van der Waals surface area (Å²) in [5, 5.41) is 15.4. The molecule has 0 aliphatic heterocycles. The van der Waals surface area contributed by atoms with Crippen LogP contribution < -0.4 is 5.56 Å². The highest BCUT2D eigenvalue weighted by Crippen LogP contribution is 2.20. The molecule has 0 radical (unpaired) electrons. The maximum absolute atomic E-state index is 12.2. The van der Waals surface area contributed by atoms with E-state index in [2.05, 4.69) is 27.1 Å². The minimum absolute atomic E-state index is 0.176. The highest BCUT2D eigenvalue weighted by molar-refractivity contribution is 9.10. The molecule has 0 aliphatic carbocycles. The van der Waals surface area contributed by atoms with Gasteiger partial charge in [0.25, 0.3) is 5.56 Å². The van der Waals surface area contributed by atoms with Gasteiger partial charge in [0, 0.05) is 21.3 Å². The van der Waals surface area contributed by atoms with E-state index in [0.717, 1.165) is 11.0 Å². The average Bonchev–Trinajstić information content (AvgIpc) is 2.82. The van der Waals surface area contributed by atoms with Gasteiger partial charge < -0.3 is 0 Å². The summed E-state index contributed by atoms with van der Waals surface area (Å²) in [5.41, 5.74) is 1.21. The Labute approximate surface area is 135 Å². The summed E-state index contributed by atoms with van der Waals surface area (Å²) in [7, 11) is 1.92. The molecule has 0 aliphatic rings. The van der Waals surface area contributed by atoms with Gasteiger partial charge in [0.15, 0.2) is 0 Å². The third-order valence-corrected chi connectivity index (χ3v) is 4.85. The zero-order chi connectivity index (χ0) is 15.6. The average molecular weight is 367 g/mol. The first-order chi connectivity index (χ1) is 9.92. The molecule has 2 rings (SSSR count). The maximum atomic E-state index is 12.2. The van der Waals surface area contributed by atoms with Crippen molar-refractivity contribution >= 4 is 27.3 Å². The summed E-state index contributed by atoms with van der Waals surface area (Å²) in [4.78, 5) is 15.4. The van der Waals surface area contributed by atoms with Crippen LogP contribution in [0.25, 0.3) is 0 Å². The Morgan fingerprint density at radius 2 is 2.24 bits per heavy atom. The molecule has 2 heterocycles. The Morgan fingerprint density at radius 3 is 2.81 bits per heavy atom. The maximum Gasteiger partial charge on any atom is 0.286 e. The molecule has 0 N–H and O–H groups in total. The first-order valence-electron chi connectivity index (χ1n) is 6.32. The molecular formula is C14H15BrN4OS. The molecule has 0 saturated carbocycles. The van der Waals surface area contributed by atoms with Gasteiger partial charge in [-0.1, -0.05) is 0 Å². The molecule has 0 spiro atoms. The number of rotatable bonds is 4. The molecule has 0 aromatic carbocycles. The lowest BCUT2D eigenvalue weighted by Gasteiger charge is -2.17. The molecule has 5 nitrogen and oxygen atoms in total. The zero-order valence-electron chi connectivity index (χ0n) is 12.1. The molecule has 0 amide bonds. The van der Waals surface area contributed by atoms with Crippen LogP contribution in [0.15, 0.2) is 20.7 Å². The van der Waals surface area contributed by atoms with Crippen LogP contribution in [0, 0.1) is 25.2 Å². The number of aromatic nitrogens is 2. The Kier molecular flexibility index (Phi) is 4.93. The van der Waals surface area contributed by atoms with E-state index in [0.29, 0.717) is 17.9 Å². The van der Waals surface area contributed by atoms with Crippen molar-refractivity contribution in [3.63, 3.8) is 0 Å². The van der Waals surface area contributed by atoms with Crippen LogP contribution in [0.5, 0.6) is 0 Å². The predicted molar refractivity (Wildman–Crippen MR) is 86.2 cm³/mol. The highest BCUT2D eigenvalue weighted by Gasteiger charge is 2.13. The smallest absolute Gasteiger partial charge is 0.282 e. The van der Waals surface area contributed by atoms with Crippen molar-refractivity contribution in [2.75, 3.05) is 7.05 Å². The van der Waals surface area contributed by atoms with Gasteiger partial charge >= 0.3 is 0 Å². The fourth-order valence-corrected chi connectivity index (χ4v) is 3.51. The van der Waals surface area contributed by atoms with Crippen LogP contribution >= 0.6 is 27.3 Å². The van der Waals surface area contributed by atoms with Crippen molar-refractivity contribution in [2.45, 2.75) is 27.1 Å². The molecule has 2 aromatic heterocycles. The van der Waals surface area contributed by atoms with Gasteiger partial charge in [0.05, 0.1) is 12.4 Å². The molecule has 0 unspecified atom stereocenters. The van der Waals surface area contributed by atoms with E-state index < -0.39 is 0 Å². The molecule has 21 heavy (non-hydrogen) atoms. The lowest BCUT2D eigenvalue weighted by atomic mass is 10.1. The summed E-state index contributed by atoms with van der Waals surface area (Å²) in [6.07, 6.45) is 0. The Bertz CT molecular complexity index is 759. The summed E-state index contributed by atoms with van der Waals surface area (Å²) in [6, 6.07) is 4.03. The van der Waals surface area contributed by atoms with Crippen molar-refractivity contribution < 1.29 is 0 Å². The van der Waals surface area contributed by atoms with Crippen LogP contribution in [0.2, 0.25) is 0 Å². The second kappa shape index (κ2) is 6.52.